The highest BCUT2D eigenvalue weighted by atomic mass is 16.6. The van der Waals surface area contributed by atoms with Crippen molar-refractivity contribution < 1.29 is 19.7 Å². The summed E-state index contributed by atoms with van der Waals surface area (Å²) in [6, 6.07) is 4.69. The van der Waals surface area contributed by atoms with Crippen LogP contribution in [-0.4, -0.2) is 27.5 Å². The van der Waals surface area contributed by atoms with Crippen LogP contribution in [0.2, 0.25) is 0 Å². The van der Waals surface area contributed by atoms with Gasteiger partial charge in [-0.05, 0) is 32.0 Å². The number of aromatic nitrogens is 1. The van der Waals surface area contributed by atoms with E-state index >= 15 is 0 Å². The molecule has 5 nitrogen and oxygen atoms in total. The lowest BCUT2D eigenvalue weighted by molar-refractivity contribution is -0.0521. The van der Waals surface area contributed by atoms with Crippen LogP contribution >= 0.6 is 0 Å². The summed E-state index contributed by atoms with van der Waals surface area (Å²) in [5.41, 5.74) is 1.70. The maximum absolute atomic E-state index is 11.8. The van der Waals surface area contributed by atoms with Gasteiger partial charge in [0.05, 0.1) is 5.56 Å². The Morgan fingerprint density at radius 2 is 2.18 bits per heavy atom. The SMILES string of the molecule is Cc1[nH]c2ccc(O)cc2c1C(=O)OC(C)O. The minimum Gasteiger partial charge on any atom is -0.508 e. The predicted molar refractivity (Wildman–Crippen MR) is 61.8 cm³/mol. The number of hydrogen-bond donors (Lipinski definition) is 3. The summed E-state index contributed by atoms with van der Waals surface area (Å²) in [5, 5.41) is 19.0. The van der Waals surface area contributed by atoms with Crippen molar-refractivity contribution >= 4 is 16.9 Å². The molecule has 0 saturated carbocycles. The van der Waals surface area contributed by atoms with Crippen LogP contribution in [0.15, 0.2) is 18.2 Å². The zero-order valence-corrected chi connectivity index (χ0v) is 9.52. The predicted octanol–water partition coefficient (Wildman–Crippen LogP) is 1.68. The van der Waals surface area contributed by atoms with Crippen LogP contribution in [0.25, 0.3) is 10.9 Å². The van der Waals surface area contributed by atoms with E-state index in [9.17, 15) is 9.90 Å². The standard InChI is InChI=1S/C12H13NO4/c1-6-11(12(16)17-7(2)14)9-5-8(15)3-4-10(9)13-6/h3-5,7,13-15H,1-2H3. The highest BCUT2D eigenvalue weighted by Gasteiger charge is 2.19. The normalized spacial score (nSPS) is 12.6. The summed E-state index contributed by atoms with van der Waals surface area (Å²) in [5.74, 6) is -0.544. The number of ether oxygens (including phenoxy) is 1. The van der Waals surface area contributed by atoms with Crippen molar-refractivity contribution in [3.63, 3.8) is 0 Å². The zero-order valence-electron chi connectivity index (χ0n) is 9.52. The molecule has 0 aliphatic rings. The third-order valence-electron chi connectivity index (χ3n) is 2.45. The van der Waals surface area contributed by atoms with E-state index in [-0.39, 0.29) is 5.75 Å². The number of carbonyl (C=O) groups excluding carboxylic acids is 1. The molecule has 1 atom stereocenters. The number of hydrogen-bond acceptors (Lipinski definition) is 4. The van der Waals surface area contributed by atoms with Gasteiger partial charge in [0, 0.05) is 16.6 Å². The Hall–Kier alpha value is -2.01. The Morgan fingerprint density at radius 1 is 1.47 bits per heavy atom. The van der Waals surface area contributed by atoms with Gasteiger partial charge in [-0.25, -0.2) is 4.79 Å². The van der Waals surface area contributed by atoms with E-state index < -0.39 is 12.3 Å². The van der Waals surface area contributed by atoms with Gasteiger partial charge in [-0.1, -0.05) is 0 Å². The van der Waals surface area contributed by atoms with Gasteiger partial charge in [-0.3, -0.25) is 0 Å². The van der Waals surface area contributed by atoms with Crippen LogP contribution < -0.4 is 0 Å². The zero-order chi connectivity index (χ0) is 12.6. The maximum atomic E-state index is 11.8. The molecule has 0 spiro atoms. The number of nitrogens with one attached hydrogen (secondary N) is 1. The van der Waals surface area contributed by atoms with Crippen molar-refractivity contribution in [3.05, 3.63) is 29.5 Å². The topological polar surface area (TPSA) is 82.5 Å². The molecule has 0 saturated heterocycles. The highest BCUT2D eigenvalue weighted by molar-refractivity contribution is 6.05. The smallest absolute Gasteiger partial charge is 0.342 e. The van der Waals surface area contributed by atoms with Crippen LogP contribution in [0.1, 0.15) is 23.0 Å². The number of phenols is 1. The van der Waals surface area contributed by atoms with Crippen LogP contribution in [0.4, 0.5) is 0 Å². The molecule has 2 aromatic rings. The number of aromatic amines is 1. The third kappa shape index (κ3) is 2.09. The summed E-state index contributed by atoms with van der Waals surface area (Å²) in [6.07, 6.45) is -1.16. The number of aliphatic hydroxyl groups is 1. The number of aromatic hydroxyl groups is 1. The van der Waals surface area contributed by atoms with Crippen molar-refractivity contribution in [3.8, 4) is 5.75 Å². The van der Waals surface area contributed by atoms with Crippen LogP contribution in [0.3, 0.4) is 0 Å². The van der Waals surface area contributed by atoms with Gasteiger partial charge in [-0.2, -0.15) is 0 Å². The quantitative estimate of drug-likeness (QED) is 0.546. The van der Waals surface area contributed by atoms with Crippen LogP contribution in [0, 0.1) is 6.92 Å². The summed E-state index contributed by atoms with van der Waals surface area (Å²) < 4.78 is 4.74. The van der Waals surface area contributed by atoms with Crippen molar-refractivity contribution in [1.29, 1.82) is 0 Å². The van der Waals surface area contributed by atoms with Gasteiger partial charge in [0.25, 0.3) is 0 Å². The third-order valence-corrected chi connectivity index (χ3v) is 2.45. The molecule has 0 aliphatic heterocycles. The molecule has 0 aliphatic carbocycles. The fourth-order valence-electron chi connectivity index (χ4n) is 1.79. The molecule has 1 aromatic heterocycles. The summed E-state index contributed by atoms with van der Waals surface area (Å²) in [6.45, 7) is 3.09. The average Bonchev–Trinajstić information content (AvgIpc) is 2.52. The van der Waals surface area contributed by atoms with E-state index in [2.05, 4.69) is 4.98 Å². The van der Waals surface area contributed by atoms with Gasteiger partial charge >= 0.3 is 5.97 Å². The lowest BCUT2D eigenvalue weighted by Gasteiger charge is -2.06. The van der Waals surface area contributed by atoms with Gasteiger partial charge in [-0.15, -0.1) is 0 Å². The number of rotatable bonds is 2. The monoisotopic (exact) mass is 235 g/mol. The average molecular weight is 235 g/mol. The molecule has 0 amide bonds. The number of esters is 1. The van der Waals surface area contributed by atoms with Crippen LogP contribution in [-0.2, 0) is 4.74 Å². The first-order valence-electron chi connectivity index (χ1n) is 5.19. The molecule has 1 aromatic carbocycles. The molecular formula is C12H13NO4. The van der Waals surface area contributed by atoms with Gasteiger partial charge in [0.1, 0.15) is 5.75 Å². The van der Waals surface area contributed by atoms with Gasteiger partial charge < -0.3 is 19.9 Å². The Labute approximate surface area is 97.6 Å². The molecule has 2 rings (SSSR count). The largest absolute Gasteiger partial charge is 0.508 e. The van der Waals surface area contributed by atoms with E-state index in [0.717, 1.165) is 5.52 Å². The van der Waals surface area contributed by atoms with Gasteiger partial charge in [0.2, 0.25) is 0 Å². The molecule has 1 heterocycles. The number of aryl methyl sites for hydroxylation is 1. The van der Waals surface area contributed by atoms with Crippen LogP contribution in [0.5, 0.6) is 5.75 Å². The van der Waals surface area contributed by atoms with E-state index in [1.807, 2.05) is 0 Å². The Bertz CT molecular complexity index is 571. The van der Waals surface area contributed by atoms with E-state index in [1.54, 1.807) is 13.0 Å². The molecule has 17 heavy (non-hydrogen) atoms. The number of fused-ring (bicyclic) bond motifs is 1. The summed E-state index contributed by atoms with van der Waals surface area (Å²) in [4.78, 5) is 14.8. The van der Waals surface area contributed by atoms with E-state index in [1.165, 1.54) is 19.1 Å². The minimum atomic E-state index is -1.16. The summed E-state index contributed by atoms with van der Waals surface area (Å²) >= 11 is 0. The van der Waals surface area contributed by atoms with Crippen molar-refractivity contribution in [2.45, 2.75) is 20.1 Å². The highest BCUT2D eigenvalue weighted by Crippen LogP contribution is 2.26. The molecule has 0 radical (unpaired) electrons. The van der Waals surface area contributed by atoms with E-state index in [4.69, 9.17) is 9.84 Å². The molecular weight excluding hydrogens is 222 g/mol. The molecule has 1 unspecified atom stereocenters. The number of aliphatic hydroxyl groups excluding tert-OH is 1. The second kappa shape index (κ2) is 4.10. The Balaban J connectivity index is 2.55. The number of benzene rings is 1. The molecule has 5 heteroatoms. The van der Waals surface area contributed by atoms with E-state index in [0.29, 0.717) is 16.6 Å². The first-order chi connectivity index (χ1) is 7.99. The second-order valence-electron chi connectivity index (χ2n) is 3.86. The lowest BCUT2D eigenvalue weighted by atomic mass is 10.1. The Kier molecular flexibility index (Phi) is 2.77. The second-order valence-corrected chi connectivity index (χ2v) is 3.86. The number of carbonyl (C=O) groups is 1. The molecule has 0 bridgehead atoms. The molecule has 90 valence electrons. The molecule has 3 N–H and O–H groups in total. The fraction of sp³-hybridized carbons (Fsp3) is 0.250. The minimum absolute atomic E-state index is 0.0718. The van der Waals surface area contributed by atoms with Crippen molar-refractivity contribution in [2.75, 3.05) is 0 Å². The lowest BCUT2D eigenvalue weighted by Crippen LogP contribution is -2.14. The maximum Gasteiger partial charge on any atom is 0.342 e. The van der Waals surface area contributed by atoms with Gasteiger partial charge in [0.15, 0.2) is 6.29 Å². The molecule has 0 fully saturated rings. The fourth-order valence-corrected chi connectivity index (χ4v) is 1.79. The Morgan fingerprint density at radius 3 is 2.82 bits per heavy atom. The van der Waals surface area contributed by atoms with Crippen molar-refractivity contribution in [2.24, 2.45) is 0 Å². The van der Waals surface area contributed by atoms with Crippen molar-refractivity contribution in [1.82, 2.24) is 4.98 Å². The summed E-state index contributed by atoms with van der Waals surface area (Å²) in [7, 11) is 0. The number of phenolic OH excluding ortho intramolecular Hbond substituents is 1. The number of H-pyrrole nitrogens is 1. The first kappa shape index (κ1) is 11.5. The first-order valence-corrected chi connectivity index (χ1v) is 5.19.